The van der Waals surface area contributed by atoms with E-state index in [1.807, 2.05) is 0 Å². The molecule has 1 heterocycles. The molecule has 1 N–H and O–H groups in total. The Morgan fingerprint density at radius 3 is 3.00 bits per heavy atom. The topological polar surface area (TPSA) is 63.1 Å². The van der Waals surface area contributed by atoms with E-state index in [-0.39, 0.29) is 11.8 Å². The molecule has 0 spiro atoms. The number of carbonyl (C=O) groups excluding carboxylic acids is 1. The fourth-order valence-electron chi connectivity index (χ4n) is 0.807. The number of hydrogen-bond donors (Lipinski definition) is 1. The predicted octanol–water partition coefficient (Wildman–Crippen LogP) is 1.42. The van der Waals surface area contributed by atoms with Crippen LogP contribution < -0.4 is 0 Å². The van der Waals surface area contributed by atoms with Gasteiger partial charge in [-0.1, -0.05) is 11.6 Å². The maximum atomic E-state index is 10.7. The highest BCUT2D eigenvalue weighted by Crippen LogP contribution is 2.23. The van der Waals surface area contributed by atoms with Crippen molar-refractivity contribution in [2.75, 3.05) is 12.4 Å². The van der Waals surface area contributed by atoms with Gasteiger partial charge in [0.25, 0.3) is 0 Å². The number of aromatic nitrogens is 2. The van der Waals surface area contributed by atoms with Crippen LogP contribution in [0.2, 0.25) is 5.15 Å². The Balaban J connectivity index is 2.75. The van der Waals surface area contributed by atoms with Crippen LogP contribution in [0.4, 0.5) is 0 Å². The smallest absolute Gasteiger partial charge is 0.155 e. The Morgan fingerprint density at radius 1 is 1.57 bits per heavy atom. The second-order valence-electron chi connectivity index (χ2n) is 2.43. The van der Waals surface area contributed by atoms with Gasteiger partial charge in [0.2, 0.25) is 0 Å². The molecule has 76 valence electrons. The molecule has 4 nitrogen and oxygen atoms in total. The lowest BCUT2D eigenvalue weighted by atomic mass is 10.4. The standard InChI is InChI=1S/C8H9ClN2O2S/c9-7-6(4-13)8(11-5-10-7)14-3-1-2-12/h4-5,12H,1-3H2. The number of aliphatic hydroxyl groups excluding tert-OH is 1. The van der Waals surface area contributed by atoms with Gasteiger partial charge in [-0.2, -0.15) is 0 Å². The molecule has 0 fully saturated rings. The summed E-state index contributed by atoms with van der Waals surface area (Å²) in [6, 6.07) is 0. The molecule has 1 aromatic rings. The van der Waals surface area contributed by atoms with Crippen molar-refractivity contribution in [3.63, 3.8) is 0 Å². The molecule has 0 saturated heterocycles. The van der Waals surface area contributed by atoms with E-state index in [0.29, 0.717) is 29.0 Å². The summed E-state index contributed by atoms with van der Waals surface area (Å²) in [5, 5.41) is 9.32. The van der Waals surface area contributed by atoms with Crippen LogP contribution in [0.3, 0.4) is 0 Å². The zero-order valence-electron chi connectivity index (χ0n) is 7.31. The van der Waals surface area contributed by atoms with E-state index in [4.69, 9.17) is 16.7 Å². The van der Waals surface area contributed by atoms with Crippen molar-refractivity contribution in [2.24, 2.45) is 0 Å². The minimum Gasteiger partial charge on any atom is -0.396 e. The summed E-state index contributed by atoms with van der Waals surface area (Å²) in [6.45, 7) is 0.127. The van der Waals surface area contributed by atoms with Crippen LogP contribution in [-0.4, -0.2) is 33.7 Å². The minimum atomic E-state index is 0.127. The molecule has 0 atom stereocenters. The summed E-state index contributed by atoms with van der Waals surface area (Å²) in [5.41, 5.74) is 0.317. The largest absolute Gasteiger partial charge is 0.396 e. The third-order valence-electron chi connectivity index (χ3n) is 1.46. The third-order valence-corrected chi connectivity index (χ3v) is 2.85. The van der Waals surface area contributed by atoms with Crippen LogP contribution in [-0.2, 0) is 0 Å². The molecule has 0 bridgehead atoms. The lowest BCUT2D eigenvalue weighted by Gasteiger charge is -2.02. The zero-order chi connectivity index (χ0) is 10.4. The van der Waals surface area contributed by atoms with E-state index in [1.54, 1.807) is 0 Å². The first-order valence-corrected chi connectivity index (χ1v) is 5.35. The van der Waals surface area contributed by atoms with Crippen LogP contribution >= 0.6 is 23.4 Å². The van der Waals surface area contributed by atoms with Crippen molar-refractivity contribution in [2.45, 2.75) is 11.4 Å². The van der Waals surface area contributed by atoms with Gasteiger partial charge < -0.3 is 5.11 Å². The van der Waals surface area contributed by atoms with Crippen LogP contribution in [0.1, 0.15) is 16.8 Å². The summed E-state index contributed by atoms with van der Waals surface area (Å²) in [6.07, 6.45) is 2.62. The summed E-state index contributed by atoms with van der Waals surface area (Å²) in [7, 11) is 0. The molecule has 0 saturated carbocycles. The number of thioether (sulfide) groups is 1. The quantitative estimate of drug-likeness (QED) is 0.360. The van der Waals surface area contributed by atoms with Crippen LogP contribution in [0.25, 0.3) is 0 Å². The summed E-state index contributed by atoms with van der Waals surface area (Å²) in [4.78, 5) is 18.3. The molecule has 1 rings (SSSR count). The molecule has 0 aliphatic heterocycles. The SMILES string of the molecule is O=Cc1c(Cl)ncnc1SCCCO. The lowest BCUT2D eigenvalue weighted by molar-refractivity contribution is 0.112. The molecule has 6 heteroatoms. The highest BCUT2D eigenvalue weighted by molar-refractivity contribution is 7.99. The Labute approximate surface area is 90.7 Å². The van der Waals surface area contributed by atoms with Gasteiger partial charge in [-0.05, 0) is 6.42 Å². The normalized spacial score (nSPS) is 10.1. The fourth-order valence-corrected chi connectivity index (χ4v) is 1.93. The molecular weight excluding hydrogens is 224 g/mol. The van der Waals surface area contributed by atoms with Gasteiger partial charge in [0.15, 0.2) is 6.29 Å². The van der Waals surface area contributed by atoms with Gasteiger partial charge in [-0.25, -0.2) is 9.97 Å². The minimum absolute atomic E-state index is 0.127. The van der Waals surface area contributed by atoms with Crippen LogP contribution in [0, 0.1) is 0 Å². The molecule has 0 aliphatic rings. The summed E-state index contributed by atoms with van der Waals surface area (Å²) in [5.74, 6) is 0.699. The van der Waals surface area contributed by atoms with Gasteiger partial charge in [-0.15, -0.1) is 11.8 Å². The van der Waals surface area contributed by atoms with E-state index in [1.165, 1.54) is 18.1 Å². The molecule has 0 radical (unpaired) electrons. The van der Waals surface area contributed by atoms with Crippen molar-refractivity contribution < 1.29 is 9.90 Å². The van der Waals surface area contributed by atoms with Gasteiger partial charge >= 0.3 is 0 Å². The average Bonchev–Trinajstić information content (AvgIpc) is 2.18. The van der Waals surface area contributed by atoms with Gasteiger partial charge in [-0.3, -0.25) is 4.79 Å². The van der Waals surface area contributed by atoms with Crippen molar-refractivity contribution in [3.8, 4) is 0 Å². The molecule has 0 aliphatic carbocycles. The second-order valence-corrected chi connectivity index (χ2v) is 3.87. The number of carbonyl (C=O) groups is 1. The first kappa shape index (κ1) is 11.4. The van der Waals surface area contributed by atoms with E-state index in [2.05, 4.69) is 9.97 Å². The zero-order valence-corrected chi connectivity index (χ0v) is 8.88. The molecule has 0 amide bonds. The number of aliphatic hydroxyl groups is 1. The Morgan fingerprint density at radius 2 is 2.36 bits per heavy atom. The lowest BCUT2D eigenvalue weighted by Crippen LogP contribution is -1.95. The third kappa shape index (κ3) is 2.94. The van der Waals surface area contributed by atoms with E-state index in [0.717, 1.165) is 0 Å². The van der Waals surface area contributed by atoms with E-state index < -0.39 is 0 Å². The van der Waals surface area contributed by atoms with Crippen molar-refractivity contribution in [1.82, 2.24) is 9.97 Å². The first-order valence-electron chi connectivity index (χ1n) is 3.99. The number of rotatable bonds is 5. The van der Waals surface area contributed by atoms with Crippen molar-refractivity contribution >= 4 is 29.6 Å². The van der Waals surface area contributed by atoms with Crippen LogP contribution in [0.15, 0.2) is 11.4 Å². The summed E-state index contributed by atoms with van der Waals surface area (Å²) < 4.78 is 0. The van der Waals surface area contributed by atoms with Crippen molar-refractivity contribution in [3.05, 3.63) is 17.0 Å². The first-order chi connectivity index (χ1) is 6.79. The number of halogens is 1. The van der Waals surface area contributed by atoms with Crippen LogP contribution in [0.5, 0.6) is 0 Å². The second kappa shape index (κ2) is 5.95. The van der Waals surface area contributed by atoms with E-state index in [9.17, 15) is 4.79 Å². The summed E-state index contributed by atoms with van der Waals surface area (Å²) >= 11 is 7.08. The highest BCUT2D eigenvalue weighted by Gasteiger charge is 2.08. The fraction of sp³-hybridized carbons (Fsp3) is 0.375. The Kier molecular flexibility index (Phi) is 4.86. The number of hydrogen-bond acceptors (Lipinski definition) is 5. The molecule has 14 heavy (non-hydrogen) atoms. The Bertz CT molecular complexity index is 322. The molecule has 1 aromatic heterocycles. The van der Waals surface area contributed by atoms with E-state index >= 15 is 0 Å². The van der Waals surface area contributed by atoms with Gasteiger partial charge in [0.1, 0.15) is 16.5 Å². The van der Waals surface area contributed by atoms with Crippen molar-refractivity contribution in [1.29, 1.82) is 0 Å². The Hall–Kier alpha value is -0.650. The van der Waals surface area contributed by atoms with Gasteiger partial charge in [0.05, 0.1) is 5.56 Å². The maximum Gasteiger partial charge on any atom is 0.155 e. The maximum absolute atomic E-state index is 10.7. The van der Waals surface area contributed by atoms with Gasteiger partial charge in [0, 0.05) is 12.4 Å². The highest BCUT2D eigenvalue weighted by atomic mass is 35.5. The monoisotopic (exact) mass is 232 g/mol. The molecule has 0 unspecified atom stereocenters. The predicted molar refractivity (Wildman–Crippen MR) is 54.9 cm³/mol. The molecule has 0 aromatic carbocycles. The molecular formula is C8H9ClN2O2S. The average molecular weight is 233 g/mol. The number of nitrogens with zero attached hydrogens (tertiary/aromatic N) is 2. The number of aldehydes is 1.